The van der Waals surface area contributed by atoms with Gasteiger partial charge in [-0.05, 0) is 37.7 Å². The molecule has 162 valence electrons. The van der Waals surface area contributed by atoms with Gasteiger partial charge in [0.2, 0.25) is 15.7 Å². The Morgan fingerprint density at radius 1 is 1.00 bits per heavy atom. The second kappa shape index (κ2) is 9.05. The normalized spacial score (nSPS) is 11.6. The van der Waals surface area contributed by atoms with Gasteiger partial charge in [0.25, 0.3) is 0 Å². The molecule has 0 radical (unpaired) electrons. The highest BCUT2D eigenvalue weighted by atomic mass is 35.5. The summed E-state index contributed by atoms with van der Waals surface area (Å²) in [4.78, 5) is 14.4. The summed E-state index contributed by atoms with van der Waals surface area (Å²) < 4.78 is 26.9. The number of nitrogens with zero attached hydrogens (tertiary/aromatic N) is 2. The van der Waals surface area contributed by atoms with Crippen molar-refractivity contribution >= 4 is 55.5 Å². The molecule has 0 aliphatic carbocycles. The Morgan fingerprint density at radius 2 is 1.68 bits per heavy atom. The number of aromatic nitrogens is 2. The number of benzene rings is 3. The number of carbonyl (C=O) groups is 1. The van der Waals surface area contributed by atoms with Crippen molar-refractivity contribution in [1.29, 1.82) is 0 Å². The van der Waals surface area contributed by atoms with Gasteiger partial charge in [-0.25, -0.2) is 8.42 Å². The molecule has 4 rings (SSSR count). The SMILES string of the molecule is CN(C)CCC(=O)Nc1cccc2c(S(=O)(=O)c3cccc4ccccc34)n[nH]c12.Cl. The number of fused-ring (bicyclic) bond motifs is 2. The molecule has 0 aliphatic rings. The highest BCUT2D eigenvalue weighted by molar-refractivity contribution is 7.91. The maximum absolute atomic E-state index is 13.5. The molecule has 9 heteroatoms. The quantitative estimate of drug-likeness (QED) is 0.457. The minimum atomic E-state index is -3.88. The summed E-state index contributed by atoms with van der Waals surface area (Å²) >= 11 is 0. The number of carbonyl (C=O) groups excluding carboxylic acids is 1. The monoisotopic (exact) mass is 458 g/mol. The molecule has 3 aromatic carbocycles. The number of anilines is 1. The van der Waals surface area contributed by atoms with Crippen molar-refractivity contribution in [3.05, 3.63) is 60.7 Å². The zero-order chi connectivity index (χ0) is 21.3. The topological polar surface area (TPSA) is 95.2 Å². The fourth-order valence-electron chi connectivity index (χ4n) is 3.40. The van der Waals surface area contributed by atoms with Crippen LogP contribution in [0.5, 0.6) is 0 Å². The average Bonchev–Trinajstić information content (AvgIpc) is 3.18. The Bertz CT molecular complexity index is 1340. The van der Waals surface area contributed by atoms with Crippen molar-refractivity contribution in [3.63, 3.8) is 0 Å². The number of amides is 1. The number of nitrogens with one attached hydrogen (secondary N) is 2. The van der Waals surface area contributed by atoms with Gasteiger partial charge in [0.05, 0.1) is 16.1 Å². The predicted molar refractivity (Wildman–Crippen MR) is 125 cm³/mol. The fourth-order valence-corrected chi connectivity index (χ4v) is 4.97. The molecule has 0 atom stereocenters. The zero-order valence-electron chi connectivity index (χ0n) is 17.1. The summed E-state index contributed by atoms with van der Waals surface area (Å²) in [6.07, 6.45) is 0.332. The van der Waals surface area contributed by atoms with Crippen LogP contribution < -0.4 is 5.32 Å². The summed E-state index contributed by atoms with van der Waals surface area (Å²) in [5.74, 6) is -0.149. The Balaban J connectivity index is 0.00000272. The minimum absolute atomic E-state index is 0. The molecule has 7 nitrogen and oxygen atoms in total. The molecular weight excluding hydrogens is 436 g/mol. The Morgan fingerprint density at radius 3 is 2.45 bits per heavy atom. The Labute approximate surface area is 186 Å². The lowest BCUT2D eigenvalue weighted by Gasteiger charge is -2.10. The second-order valence-corrected chi connectivity index (χ2v) is 9.17. The number of hydrogen-bond donors (Lipinski definition) is 2. The van der Waals surface area contributed by atoms with E-state index in [1.807, 2.05) is 43.3 Å². The lowest BCUT2D eigenvalue weighted by Crippen LogP contribution is -2.20. The van der Waals surface area contributed by atoms with E-state index in [4.69, 9.17) is 0 Å². The van der Waals surface area contributed by atoms with Gasteiger partial charge < -0.3 is 10.2 Å². The molecular formula is C22H23ClN4O3S. The third-order valence-electron chi connectivity index (χ3n) is 4.92. The molecule has 1 aromatic heterocycles. The molecule has 0 bridgehead atoms. The van der Waals surface area contributed by atoms with Crippen LogP contribution >= 0.6 is 12.4 Å². The van der Waals surface area contributed by atoms with Crippen LogP contribution in [0.15, 0.2) is 70.6 Å². The van der Waals surface area contributed by atoms with E-state index in [-0.39, 0.29) is 28.2 Å². The van der Waals surface area contributed by atoms with Gasteiger partial charge in [-0.2, -0.15) is 5.10 Å². The van der Waals surface area contributed by atoms with Gasteiger partial charge in [-0.15, -0.1) is 12.4 Å². The van der Waals surface area contributed by atoms with Gasteiger partial charge in [0.15, 0.2) is 5.03 Å². The number of sulfone groups is 1. The zero-order valence-corrected chi connectivity index (χ0v) is 18.8. The van der Waals surface area contributed by atoms with Crippen LogP contribution in [0.25, 0.3) is 21.7 Å². The molecule has 2 N–H and O–H groups in total. The van der Waals surface area contributed by atoms with E-state index in [0.29, 0.717) is 34.9 Å². The van der Waals surface area contributed by atoms with Gasteiger partial charge in [0, 0.05) is 23.7 Å². The van der Waals surface area contributed by atoms with Crippen molar-refractivity contribution in [2.45, 2.75) is 16.3 Å². The van der Waals surface area contributed by atoms with E-state index in [2.05, 4.69) is 15.5 Å². The van der Waals surface area contributed by atoms with Gasteiger partial charge in [0.1, 0.15) is 0 Å². The number of para-hydroxylation sites is 1. The Kier molecular flexibility index (Phi) is 6.64. The average molecular weight is 459 g/mol. The van der Waals surface area contributed by atoms with E-state index < -0.39 is 9.84 Å². The third-order valence-corrected chi connectivity index (χ3v) is 6.67. The van der Waals surface area contributed by atoms with E-state index in [1.54, 1.807) is 36.4 Å². The molecule has 0 aliphatic heterocycles. The summed E-state index contributed by atoms with van der Waals surface area (Å²) in [5, 5.41) is 11.6. The molecule has 1 amide bonds. The van der Waals surface area contributed by atoms with Crippen LogP contribution in [0.1, 0.15) is 6.42 Å². The maximum Gasteiger partial charge on any atom is 0.226 e. The van der Waals surface area contributed by atoms with Crippen LogP contribution in [0.4, 0.5) is 5.69 Å². The number of hydrogen-bond acceptors (Lipinski definition) is 5. The molecule has 4 aromatic rings. The molecule has 0 saturated carbocycles. The largest absolute Gasteiger partial charge is 0.324 e. The van der Waals surface area contributed by atoms with E-state index in [9.17, 15) is 13.2 Å². The van der Waals surface area contributed by atoms with E-state index in [0.717, 1.165) is 5.39 Å². The van der Waals surface area contributed by atoms with Gasteiger partial charge in [-0.3, -0.25) is 9.89 Å². The van der Waals surface area contributed by atoms with Crippen LogP contribution in [0.3, 0.4) is 0 Å². The van der Waals surface area contributed by atoms with Crippen molar-refractivity contribution in [2.24, 2.45) is 0 Å². The molecule has 1 heterocycles. The van der Waals surface area contributed by atoms with Crippen LogP contribution in [-0.4, -0.2) is 50.1 Å². The van der Waals surface area contributed by atoms with Gasteiger partial charge in [-0.1, -0.05) is 42.5 Å². The summed E-state index contributed by atoms with van der Waals surface area (Å²) in [6.45, 7) is 0.617. The van der Waals surface area contributed by atoms with Crippen LogP contribution in [0, 0.1) is 0 Å². The van der Waals surface area contributed by atoms with Gasteiger partial charge >= 0.3 is 0 Å². The molecule has 0 spiro atoms. The summed E-state index contributed by atoms with van der Waals surface area (Å²) in [5.41, 5.74) is 0.984. The lowest BCUT2D eigenvalue weighted by molar-refractivity contribution is -0.116. The first-order valence-corrected chi connectivity index (χ1v) is 11.0. The predicted octanol–water partition coefficient (Wildman–Crippen LogP) is 3.86. The number of H-pyrrole nitrogens is 1. The van der Waals surface area contributed by atoms with Crippen LogP contribution in [-0.2, 0) is 14.6 Å². The Hall–Kier alpha value is -2.94. The molecule has 0 fully saturated rings. The van der Waals surface area contributed by atoms with Crippen molar-refractivity contribution in [3.8, 4) is 0 Å². The summed E-state index contributed by atoms with van der Waals surface area (Å²) in [7, 11) is -0.0850. The first-order chi connectivity index (χ1) is 14.4. The van der Waals surface area contributed by atoms with Crippen LogP contribution in [0.2, 0.25) is 0 Å². The molecule has 0 unspecified atom stereocenters. The molecule has 31 heavy (non-hydrogen) atoms. The van der Waals surface area contributed by atoms with Crippen molar-refractivity contribution < 1.29 is 13.2 Å². The van der Waals surface area contributed by atoms with Crippen molar-refractivity contribution in [1.82, 2.24) is 15.1 Å². The first kappa shape index (κ1) is 22.7. The number of rotatable bonds is 6. The molecule has 0 saturated heterocycles. The second-order valence-electron chi connectivity index (χ2n) is 7.34. The maximum atomic E-state index is 13.5. The van der Waals surface area contributed by atoms with Crippen molar-refractivity contribution in [2.75, 3.05) is 26.0 Å². The van der Waals surface area contributed by atoms with E-state index in [1.165, 1.54) is 0 Å². The number of halogens is 1. The lowest BCUT2D eigenvalue weighted by atomic mass is 10.1. The summed E-state index contributed by atoms with van der Waals surface area (Å²) in [6, 6.07) is 17.6. The highest BCUT2D eigenvalue weighted by Crippen LogP contribution is 2.33. The van der Waals surface area contributed by atoms with E-state index >= 15 is 0 Å². The standard InChI is InChI=1S/C22H22N4O3S.ClH/c1-26(2)14-13-20(27)23-18-11-6-10-17-21(18)24-25-22(17)30(28,29)19-12-5-8-15-7-3-4-9-16(15)19;/h3-12H,13-14H2,1-2H3,(H,23,27)(H,24,25);1H. The smallest absolute Gasteiger partial charge is 0.226 e. The number of aromatic amines is 1. The first-order valence-electron chi connectivity index (χ1n) is 9.52. The minimum Gasteiger partial charge on any atom is -0.324 e. The fraction of sp³-hybridized carbons (Fsp3) is 0.182. The highest BCUT2D eigenvalue weighted by Gasteiger charge is 2.26. The third kappa shape index (κ3) is 4.41.